The van der Waals surface area contributed by atoms with E-state index in [1.165, 1.54) is 11.0 Å². The average molecular weight is 835 g/mol. The van der Waals surface area contributed by atoms with Gasteiger partial charge in [0.1, 0.15) is 5.75 Å². The second-order valence-corrected chi connectivity index (χ2v) is 16.0. The van der Waals surface area contributed by atoms with Gasteiger partial charge in [-0.1, -0.05) is 11.6 Å². The number of methoxy groups -OCH3 is 1. The lowest BCUT2D eigenvalue weighted by Gasteiger charge is -2.41. The molecule has 0 spiro atoms. The van der Waals surface area contributed by atoms with Crippen LogP contribution in [0.15, 0.2) is 30.3 Å². The van der Waals surface area contributed by atoms with Gasteiger partial charge in [0.2, 0.25) is 0 Å². The number of likely N-dealkylation sites (tertiary alicyclic amines) is 3. The minimum atomic E-state index is -4.79. The molecule has 6 rings (SSSR count). The SMILES string of the molecule is CCOC(=O)CCN1CCC(C2CCN(C(=O)[C@@H](Cc3cc(Cl)c(N)c(C(F)(F)F)c3)OC(=O)N3CCC(N4CCc5cc(OC)ccc5NC4=O)CC3)CC2)CC1. The average Bonchev–Trinajstić information content (AvgIpc) is 3.38. The largest absolute Gasteiger partial charge is 0.497 e. The fourth-order valence-corrected chi connectivity index (χ4v) is 9.05. The van der Waals surface area contributed by atoms with Crippen LogP contribution >= 0.6 is 11.6 Å². The van der Waals surface area contributed by atoms with E-state index in [2.05, 4.69) is 10.2 Å². The highest BCUT2D eigenvalue weighted by atomic mass is 35.5. The number of fused-ring (bicyclic) bond motifs is 1. The first-order chi connectivity index (χ1) is 27.7. The molecule has 0 unspecified atom stereocenters. The van der Waals surface area contributed by atoms with E-state index in [1.807, 2.05) is 12.1 Å². The number of benzene rings is 2. The van der Waals surface area contributed by atoms with Crippen molar-refractivity contribution in [3.63, 3.8) is 0 Å². The molecule has 3 fully saturated rings. The Morgan fingerprint density at radius 1 is 0.931 bits per heavy atom. The Morgan fingerprint density at radius 2 is 1.59 bits per heavy atom. The topological polar surface area (TPSA) is 147 Å². The Morgan fingerprint density at radius 3 is 2.22 bits per heavy atom. The summed E-state index contributed by atoms with van der Waals surface area (Å²) >= 11 is 6.15. The number of hydrogen-bond donors (Lipinski definition) is 2. The minimum absolute atomic E-state index is 0.0618. The Labute approximate surface area is 342 Å². The second-order valence-electron chi connectivity index (χ2n) is 15.6. The highest BCUT2D eigenvalue weighted by Gasteiger charge is 2.39. The summed E-state index contributed by atoms with van der Waals surface area (Å²) in [7, 11) is 1.59. The first-order valence-electron chi connectivity index (χ1n) is 20.3. The highest BCUT2D eigenvalue weighted by Crippen LogP contribution is 2.39. The van der Waals surface area contributed by atoms with Crippen molar-refractivity contribution in [1.82, 2.24) is 19.6 Å². The lowest BCUT2D eigenvalue weighted by molar-refractivity contribution is -0.144. The minimum Gasteiger partial charge on any atom is -0.497 e. The molecule has 2 aromatic carbocycles. The molecule has 4 heterocycles. The van der Waals surface area contributed by atoms with Gasteiger partial charge >= 0.3 is 24.3 Å². The van der Waals surface area contributed by atoms with Crippen molar-refractivity contribution >= 4 is 47.0 Å². The predicted octanol–water partition coefficient (Wildman–Crippen LogP) is 6.46. The van der Waals surface area contributed by atoms with Crippen LogP contribution in [-0.4, -0.2) is 122 Å². The molecule has 3 N–H and O–H groups in total. The first kappa shape index (κ1) is 43.1. The van der Waals surface area contributed by atoms with E-state index in [0.717, 1.165) is 56.1 Å². The summed E-state index contributed by atoms with van der Waals surface area (Å²) in [5.41, 5.74) is 5.70. The molecule has 13 nitrogen and oxygen atoms in total. The summed E-state index contributed by atoms with van der Waals surface area (Å²) in [5.74, 6) is 0.904. The standard InChI is InChI=1S/C41H54ClF3N6O7/c1-3-57-36(52)13-16-48-14-6-27(7-15-48)28-8-17-49(18-9-28)38(53)35(24-26-22-32(41(43,44)45)37(46)33(42)23-26)58-40(55)50-19-11-30(12-20-50)51-21-10-29-25-31(56-2)4-5-34(29)47-39(51)54/h4-5,22-23,25,27-28,30,35H,3,6-21,24,46H2,1-2H3,(H,47,54)/t35-/m1/s1. The normalized spacial score (nSPS) is 19.6. The molecule has 0 saturated carbocycles. The van der Waals surface area contributed by atoms with Gasteiger partial charge in [-0.15, -0.1) is 0 Å². The third kappa shape index (κ3) is 10.6. The number of esters is 1. The van der Waals surface area contributed by atoms with Crippen LogP contribution in [0.1, 0.15) is 68.6 Å². The van der Waals surface area contributed by atoms with Crippen molar-refractivity contribution in [1.29, 1.82) is 0 Å². The molecule has 0 aliphatic carbocycles. The van der Waals surface area contributed by atoms with E-state index in [4.69, 9.17) is 31.5 Å². The number of amides is 4. The van der Waals surface area contributed by atoms with Gasteiger partial charge < -0.3 is 44.9 Å². The highest BCUT2D eigenvalue weighted by molar-refractivity contribution is 6.33. The van der Waals surface area contributed by atoms with Crippen LogP contribution < -0.4 is 15.8 Å². The van der Waals surface area contributed by atoms with Crippen LogP contribution in [0.3, 0.4) is 0 Å². The van der Waals surface area contributed by atoms with Crippen molar-refractivity contribution in [3.8, 4) is 5.75 Å². The first-order valence-corrected chi connectivity index (χ1v) is 20.6. The number of urea groups is 1. The quantitative estimate of drug-likeness (QED) is 0.193. The number of halogens is 4. The van der Waals surface area contributed by atoms with Gasteiger partial charge in [-0.2, -0.15) is 13.2 Å². The molecule has 0 aromatic heterocycles. The number of nitrogens with one attached hydrogen (secondary N) is 1. The van der Waals surface area contributed by atoms with Gasteiger partial charge in [-0.05, 0) is 118 Å². The fraction of sp³-hybridized carbons (Fsp3) is 0.610. The Bertz CT molecular complexity index is 1790. The number of rotatable bonds is 11. The van der Waals surface area contributed by atoms with E-state index >= 15 is 0 Å². The summed E-state index contributed by atoms with van der Waals surface area (Å²) in [5, 5.41) is 2.67. The molecule has 17 heteroatoms. The van der Waals surface area contributed by atoms with Gasteiger partial charge in [0.25, 0.3) is 5.91 Å². The molecular weight excluding hydrogens is 781 g/mol. The number of hydrogen-bond acceptors (Lipinski definition) is 9. The summed E-state index contributed by atoms with van der Waals surface area (Å²) in [6.07, 6.45) is -1.85. The monoisotopic (exact) mass is 834 g/mol. The molecule has 318 valence electrons. The number of carbonyl (C=O) groups is 4. The zero-order chi connectivity index (χ0) is 41.6. The molecule has 0 radical (unpaired) electrons. The van der Waals surface area contributed by atoms with Crippen molar-refractivity contribution < 1.29 is 46.6 Å². The molecular formula is C41H54ClF3N6O7. The zero-order valence-corrected chi connectivity index (χ0v) is 33.9. The number of piperidine rings is 3. The molecule has 4 aliphatic heterocycles. The van der Waals surface area contributed by atoms with E-state index in [9.17, 15) is 32.3 Å². The van der Waals surface area contributed by atoms with Crippen molar-refractivity contribution in [3.05, 3.63) is 52.0 Å². The number of anilines is 2. The number of alkyl halides is 3. The molecule has 3 saturated heterocycles. The molecule has 4 aliphatic rings. The number of nitrogens with zero attached hydrogens (tertiary/aromatic N) is 4. The third-order valence-corrected chi connectivity index (χ3v) is 12.4. The van der Waals surface area contributed by atoms with Crippen molar-refractivity contribution in [2.24, 2.45) is 11.8 Å². The molecule has 4 amide bonds. The van der Waals surface area contributed by atoms with Crippen LogP contribution in [0.5, 0.6) is 5.75 Å². The number of nitrogens with two attached hydrogens (primary N) is 1. The van der Waals surface area contributed by atoms with Gasteiger partial charge in [0.05, 0.1) is 36.4 Å². The number of carbonyl (C=O) groups excluding carboxylic acids is 4. The van der Waals surface area contributed by atoms with E-state index in [1.54, 1.807) is 29.9 Å². The van der Waals surface area contributed by atoms with Crippen LogP contribution in [0.25, 0.3) is 0 Å². The molecule has 58 heavy (non-hydrogen) atoms. The van der Waals surface area contributed by atoms with Crippen LogP contribution in [0.4, 0.5) is 34.1 Å². The summed E-state index contributed by atoms with van der Waals surface area (Å²) < 4.78 is 58.0. The zero-order valence-electron chi connectivity index (χ0n) is 33.2. The van der Waals surface area contributed by atoms with Gasteiger partial charge in [0.15, 0.2) is 6.10 Å². The Balaban J connectivity index is 1.07. The van der Waals surface area contributed by atoms with Crippen molar-refractivity contribution in [2.45, 2.75) is 83.0 Å². The fourth-order valence-electron chi connectivity index (χ4n) is 8.81. The van der Waals surface area contributed by atoms with Gasteiger partial charge in [-0.3, -0.25) is 9.59 Å². The summed E-state index contributed by atoms with van der Waals surface area (Å²) in [6.45, 7) is 6.45. The molecule has 1 atom stereocenters. The van der Waals surface area contributed by atoms with E-state index in [0.29, 0.717) is 76.1 Å². The van der Waals surface area contributed by atoms with E-state index < -0.39 is 35.5 Å². The maximum absolute atomic E-state index is 14.2. The third-order valence-electron chi connectivity index (χ3n) is 12.1. The summed E-state index contributed by atoms with van der Waals surface area (Å²) in [4.78, 5) is 60.1. The maximum Gasteiger partial charge on any atom is 0.418 e. The lowest BCUT2D eigenvalue weighted by atomic mass is 9.78. The van der Waals surface area contributed by atoms with Crippen molar-refractivity contribution in [2.75, 3.05) is 77.1 Å². The van der Waals surface area contributed by atoms with Gasteiger partial charge in [-0.25, -0.2) is 9.59 Å². The van der Waals surface area contributed by atoms with Crippen LogP contribution in [0.2, 0.25) is 5.02 Å². The van der Waals surface area contributed by atoms with Crippen LogP contribution in [0, 0.1) is 11.8 Å². The predicted molar refractivity (Wildman–Crippen MR) is 212 cm³/mol. The molecule has 2 aromatic rings. The Hall–Kier alpha value is -4.44. The molecule has 0 bridgehead atoms. The summed E-state index contributed by atoms with van der Waals surface area (Å²) in [6, 6.07) is 7.27. The van der Waals surface area contributed by atoms with E-state index in [-0.39, 0.29) is 48.1 Å². The number of ether oxygens (including phenoxy) is 3. The van der Waals surface area contributed by atoms with Gasteiger partial charge in [0, 0.05) is 57.4 Å². The van der Waals surface area contributed by atoms with Crippen LogP contribution in [-0.2, 0) is 38.1 Å². The Kier molecular flexibility index (Phi) is 14.2. The second kappa shape index (κ2) is 19.1. The maximum atomic E-state index is 14.2. The lowest BCUT2D eigenvalue weighted by Crippen LogP contribution is -2.52. The number of nitrogen functional groups attached to an aromatic ring is 1. The smallest absolute Gasteiger partial charge is 0.418 e.